The van der Waals surface area contributed by atoms with E-state index in [1.807, 2.05) is 11.8 Å². The molecule has 2 rings (SSSR count). The fraction of sp³-hybridized carbons (Fsp3) is 1.00. The maximum atomic E-state index is 3.44. The smallest absolute Gasteiger partial charge is 0.0441 e. The molecule has 0 bridgehead atoms. The van der Waals surface area contributed by atoms with Crippen LogP contribution >= 0.6 is 11.8 Å². The fourth-order valence-corrected chi connectivity index (χ4v) is 3.98. The molecule has 1 saturated carbocycles. The molecule has 0 aromatic heterocycles. The molecular formula is C13H26N2S. The minimum Gasteiger partial charge on any atom is -0.317 e. The zero-order chi connectivity index (χ0) is 11.4. The molecule has 0 aromatic carbocycles. The number of piperidine rings is 1. The van der Waals surface area contributed by atoms with Crippen molar-refractivity contribution >= 4 is 11.8 Å². The van der Waals surface area contributed by atoms with Gasteiger partial charge in [-0.15, -0.1) is 11.8 Å². The highest BCUT2D eigenvalue weighted by Crippen LogP contribution is 2.44. The van der Waals surface area contributed by atoms with Gasteiger partial charge >= 0.3 is 0 Å². The van der Waals surface area contributed by atoms with Crippen molar-refractivity contribution in [3.8, 4) is 0 Å². The lowest BCUT2D eigenvalue weighted by Gasteiger charge is -2.45. The Bertz CT molecular complexity index is 202. The minimum atomic E-state index is 0.724. The summed E-state index contributed by atoms with van der Waals surface area (Å²) in [5, 5.41) is 3.44. The molecule has 0 unspecified atom stereocenters. The topological polar surface area (TPSA) is 15.3 Å². The van der Waals surface area contributed by atoms with Crippen LogP contribution in [0.4, 0.5) is 0 Å². The lowest BCUT2D eigenvalue weighted by atomic mass is 9.67. The van der Waals surface area contributed by atoms with Gasteiger partial charge in [-0.05, 0) is 70.3 Å². The maximum absolute atomic E-state index is 3.44. The predicted octanol–water partition coefficient (Wildman–Crippen LogP) is 2.55. The van der Waals surface area contributed by atoms with Gasteiger partial charge in [0, 0.05) is 11.9 Å². The second kappa shape index (κ2) is 5.74. The number of likely N-dealkylation sites (tertiary alicyclic amines) is 1. The first-order valence-corrected chi connectivity index (χ1v) is 8.06. The summed E-state index contributed by atoms with van der Waals surface area (Å²) in [6.07, 6.45) is 10.8. The molecule has 1 aliphatic carbocycles. The van der Waals surface area contributed by atoms with E-state index in [9.17, 15) is 0 Å². The predicted molar refractivity (Wildman–Crippen MR) is 72.9 cm³/mol. The molecule has 1 heterocycles. The molecule has 94 valence electrons. The summed E-state index contributed by atoms with van der Waals surface area (Å²) >= 11 is 1.96. The highest BCUT2D eigenvalue weighted by atomic mass is 32.2. The van der Waals surface area contributed by atoms with E-state index >= 15 is 0 Å². The SMILES string of the molecule is CNC1CCC2(CC1)CCN(CSC)CC2. The number of hydrogen-bond donors (Lipinski definition) is 1. The number of rotatable bonds is 3. The summed E-state index contributed by atoms with van der Waals surface area (Å²) in [6.45, 7) is 2.68. The Kier molecular flexibility index (Phi) is 4.57. The molecule has 1 saturated heterocycles. The Morgan fingerprint density at radius 3 is 2.31 bits per heavy atom. The molecule has 0 aromatic rings. The Morgan fingerprint density at radius 2 is 1.81 bits per heavy atom. The first-order chi connectivity index (χ1) is 7.78. The van der Waals surface area contributed by atoms with E-state index in [2.05, 4.69) is 23.5 Å². The third-order valence-corrected chi connectivity index (χ3v) is 5.31. The van der Waals surface area contributed by atoms with Crippen LogP contribution in [0.5, 0.6) is 0 Å². The summed E-state index contributed by atoms with van der Waals surface area (Å²) in [7, 11) is 2.11. The second-order valence-electron chi connectivity index (χ2n) is 5.60. The first kappa shape index (κ1) is 12.7. The van der Waals surface area contributed by atoms with E-state index in [0.29, 0.717) is 0 Å². The van der Waals surface area contributed by atoms with Gasteiger partial charge in [-0.1, -0.05) is 0 Å². The number of nitrogens with zero attached hydrogens (tertiary/aromatic N) is 1. The van der Waals surface area contributed by atoms with E-state index < -0.39 is 0 Å². The molecule has 3 heteroatoms. The van der Waals surface area contributed by atoms with Crippen LogP contribution in [0.1, 0.15) is 38.5 Å². The van der Waals surface area contributed by atoms with Crippen LogP contribution in [-0.4, -0.2) is 43.2 Å². The van der Waals surface area contributed by atoms with Gasteiger partial charge in [0.15, 0.2) is 0 Å². The monoisotopic (exact) mass is 242 g/mol. The average Bonchev–Trinajstić information content (AvgIpc) is 2.34. The summed E-state index contributed by atoms with van der Waals surface area (Å²) in [5.74, 6) is 1.23. The fourth-order valence-electron chi connectivity index (χ4n) is 3.36. The standard InChI is InChI=1S/C13H26N2S/c1-14-12-3-5-13(6-4-12)7-9-15(10-8-13)11-16-2/h12,14H,3-11H2,1-2H3. The van der Waals surface area contributed by atoms with E-state index in [1.165, 1.54) is 57.5 Å². The van der Waals surface area contributed by atoms with Crippen LogP contribution in [0.2, 0.25) is 0 Å². The Morgan fingerprint density at radius 1 is 1.19 bits per heavy atom. The van der Waals surface area contributed by atoms with Crippen LogP contribution in [0.3, 0.4) is 0 Å². The zero-order valence-corrected chi connectivity index (χ0v) is 11.6. The van der Waals surface area contributed by atoms with Gasteiger partial charge in [-0.2, -0.15) is 0 Å². The van der Waals surface area contributed by atoms with Crippen LogP contribution in [0.25, 0.3) is 0 Å². The average molecular weight is 242 g/mol. The van der Waals surface area contributed by atoms with Crippen molar-refractivity contribution in [2.24, 2.45) is 5.41 Å². The molecule has 1 aliphatic heterocycles. The number of hydrogen-bond acceptors (Lipinski definition) is 3. The van der Waals surface area contributed by atoms with Crippen LogP contribution in [0, 0.1) is 5.41 Å². The Labute approximate surface area is 105 Å². The first-order valence-electron chi connectivity index (χ1n) is 6.66. The molecule has 0 radical (unpaired) electrons. The Hall–Kier alpha value is 0.270. The highest BCUT2D eigenvalue weighted by Gasteiger charge is 2.37. The van der Waals surface area contributed by atoms with Crippen molar-refractivity contribution in [2.45, 2.75) is 44.6 Å². The minimum absolute atomic E-state index is 0.724. The molecule has 1 spiro atoms. The van der Waals surface area contributed by atoms with Gasteiger partial charge in [0.25, 0.3) is 0 Å². The molecule has 0 amide bonds. The number of thioether (sulfide) groups is 1. The molecule has 2 fully saturated rings. The van der Waals surface area contributed by atoms with E-state index in [0.717, 1.165) is 11.5 Å². The van der Waals surface area contributed by atoms with E-state index in [1.54, 1.807) is 0 Å². The van der Waals surface area contributed by atoms with E-state index in [4.69, 9.17) is 0 Å². The highest BCUT2D eigenvalue weighted by molar-refractivity contribution is 7.98. The van der Waals surface area contributed by atoms with Crippen LogP contribution < -0.4 is 5.32 Å². The third kappa shape index (κ3) is 2.93. The van der Waals surface area contributed by atoms with Gasteiger partial charge in [-0.25, -0.2) is 0 Å². The van der Waals surface area contributed by atoms with Crippen molar-refractivity contribution in [1.29, 1.82) is 0 Å². The molecule has 0 atom stereocenters. The lowest BCUT2D eigenvalue weighted by molar-refractivity contribution is 0.0684. The van der Waals surface area contributed by atoms with Crippen molar-refractivity contribution in [3.05, 3.63) is 0 Å². The van der Waals surface area contributed by atoms with Crippen molar-refractivity contribution < 1.29 is 0 Å². The van der Waals surface area contributed by atoms with Gasteiger partial charge in [0.1, 0.15) is 0 Å². The summed E-state index contributed by atoms with van der Waals surface area (Å²) < 4.78 is 0. The summed E-state index contributed by atoms with van der Waals surface area (Å²) in [4.78, 5) is 2.63. The van der Waals surface area contributed by atoms with Gasteiger partial charge in [0.2, 0.25) is 0 Å². The molecule has 2 aliphatic rings. The summed E-state index contributed by atoms with van der Waals surface area (Å²) in [6, 6.07) is 0.801. The summed E-state index contributed by atoms with van der Waals surface area (Å²) in [5.41, 5.74) is 0.724. The largest absolute Gasteiger partial charge is 0.317 e. The molecule has 2 nitrogen and oxygen atoms in total. The van der Waals surface area contributed by atoms with Gasteiger partial charge in [-0.3, -0.25) is 4.90 Å². The van der Waals surface area contributed by atoms with Crippen LogP contribution in [0.15, 0.2) is 0 Å². The molecule has 1 N–H and O–H groups in total. The van der Waals surface area contributed by atoms with Crippen molar-refractivity contribution in [1.82, 2.24) is 10.2 Å². The number of nitrogens with one attached hydrogen (secondary N) is 1. The van der Waals surface area contributed by atoms with Crippen LogP contribution in [-0.2, 0) is 0 Å². The van der Waals surface area contributed by atoms with Crippen molar-refractivity contribution in [3.63, 3.8) is 0 Å². The maximum Gasteiger partial charge on any atom is 0.0441 e. The van der Waals surface area contributed by atoms with Gasteiger partial charge in [0.05, 0.1) is 0 Å². The lowest BCUT2D eigenvalue weighted by Crippen LogP contribution is -2.44. The Balaban J connectivity index is 1.79. The quantitative estimate of drug-likeness (QED) is 0.819. The molecular weight excluding hydrogens is 216 g/mol. The zero-order valence-electron chi connectivity index (χ0n) is 10.8. The van der Waals surface area contributed by atoms with Gasteiger partial charge < -0.3 is 5.32 Å². The molecule has 16 heavy (non-hydrogen) atoms. The normalized spacial score (nSPS) is 27.4. The second-order valence-corrected chi connectivity index (χ2v) is 6.43. The third-order valence-electron chi connectivity index (χ3n) is 4.68. The van der Waals surface area contributed by atoms with E-state index in [-0.39, 0.29) is 0 Å². The van der Waals surface area contributed by atoms with Crippen molar-refractivity contribution in [2.75, 3.05) is 32.3 Å².